The number of ether oxygens (including phenoxy) is 2. The van der Waals surface area contributed by atoms with Crippen LogP contribution >= 0.6 is 0 Å². The molecule has 4 aliphatic carbocycles. The number of ketones is 1. The van der Waals surface area contributed by atoms with Crippen molar-refractivity contribution in [2.75, 3.05) is 20.2 Å². The van der Waals surface area contributed by atoms with E-state index in [9.17, 15) is 22.8 Å². The molecule has 13 nitrogen and oxygen atoms in total. The van der Waals surface area contributed by atoms with Gasteiger partial charge in [-0.25, -0.2) is 13.4 Å². The van der Waals surface area contributed by atoms with Crippen molar-refractivity contribution >= 4 is 44.4 Å². The lowest BCUT2D eigenvalue weighted by atomic mass is 9.68. The summed E-state index contributed by atoms with van der Waals surface area (Å²) < 4.78 is 40.5. The van der Waals surface area contributed by atoms with E-state index in [4.69, 9.17) is 14.5 Å². The van der Waals surface area contributed by atoms with Gasteiger partial charge in [-0.1, -0.05) is 32.9 Å². The van der Waals surface area contributed by atoms with Crippen LogP contribution in [0.4, 0.5) is 0 Å². The smallest absolute Gasteiger partial charge is 0.240 e. The van der Waals surface area contributed by atoms with Crippen molar-refractivity contribution in [2.24, 2.45) is 40.4 Å². The maximum Gasteiger partial charge on any atom is 0.240 e. The first-order valence-corrected chi connectivity index (χ1v) is 24.0. The Morgan fingerprint density at radius 2 is 1.69 bits per heavy atom. The third-order valence-electron chi connectivity index (χ3n) is 14.8. The third-order valence-corrected chi connectivity index (χ3v) is 16.6. The van der Waals surface area contributed by atoms with Gasteiger partial charge in [0.15, 0.2) is 5.78 Å². The van der Waals surface area contributed by atoms with Crippen LogP contribution in [0.2, 0.25) is 0 Å². The number of carbonyl (C=O) groups excluding carboxylic acids is 4. The Morgan fingerprint density at radius 1 is 0.952 bits per heavy atom. The van der Waals surface area contributed by atoms with Crippen LogP contribution in [0.1, 0.15) is 91.4 Å². The molecule has 3 aromatic rings. The number of aromatic nitrogens is 2. The van der Waals surface area contributed by atoms with Crippen LogP contribution in [-0.4, -0.2) is 95.3 Å². The lowest BCUT2D eigenvalue weighted by molar-refractivity contribution is -0.149. The van der Waals surface area contributed by atoms with Gasteiger partial charge in [-0.05, 0) is 105 Å². The number of pyridine rings is 2. The second-order valence-electron chi connectivity index (χ2n) is 20.2. The Labute approximate surface area is 364 Å². The Balaban J connectivity index is 1.03. The largest absolute Gasteiger partial charge is 0.497 e. The predicted octanol–water partition coefficient (Wildman–Crippen LogP) is 6.50. The van der Waals surface area contributed by atoms with E-state index in [1.165, 1.54) is 19.3 Å². The van der Waals surface area contributed by atoms with E-state index >= 15 is 4.79 Å². The van der Waals surface area contributed by atoms with E-state index in [-0.39, 0.29) is 55.9 Å². The van der Waals surface area contributed by atoms with Gasteiger partial charge < -0.3 is 19.3 Å². The molecule has 2 aromatic heterocycles. The highest BCUT2D eigenvalue weighted by Gasteiger charge is 2.61. The van der Waals surface area contributed by atoms with Crippen LogP contribution in [0.5, 0.6) is 11.5 Å². The Morgan fingerprint density at radius 3 is 2.34 bits per heavy atom. The topological polar surface area (TPSA) is 165 Å². The van der Waals surface area contributed by atoms with Crippen LogP contribution in [0.3, 0.4) is 0 Å². The van der Waals surface area contributed by atoms with E-state index in [0.29, 0.717) is 64.4 Å². The number of methoxy groups -OCH3 is 1. The summed E-state index contributed by atoms with van der Waals surface area (Å²) in [5.74, 6) is 0.407. The lowest BCUT2D eigenvalue weighted by Crippen LogP contribution is -2.50. The van der Waals surface area contributed by atoms with E-state index in [1.807, 2.05) is 63.2 Å². The number of amides is 3. The minimum Gasteiger partial charge on any atom is -0.497 e. The first-order chi connectivity index (χ1) is 29.5. The van der Waals surface area contributed by atoms with Gasteiger partial charge in [0.2, 0.25) is 27.7 Å². The highest BCUT2D eigenvalue weighted by atomic mass is 32.2. The number of rotatable bonds is 14. The van der Waals surface area contributed by atoms with Crippen LogP contribution in [-0.2, 0) is 29.2 Å². The number of benzene rings is 1. The molecule has 14 heteroatoms. The van der Waals surface area contributed by atoms with Gasteiger partial charge in [-0.3, -0.25) is 28.9 Å². The number of fused-ring (bicyclic) bond motifs is 2. The summed E-state index contributed by atoms with van der Waals surface area (Å²) in [7, 11) is -2.29. The number of hydrogen-bond donors (Lipinski definition) is 1. The minimum absolute atomic E-state index is 0.00798. The molecule has 7 fully saturated rings. The molecule has 330 valence electrons. The minimum atomic E-state index is -3.87. The van der Waals surface area contributed by atoms with Crippen LogP contribution in [0.25, 0.3) is 22.3 Å². The molecule has 1 aromatic carbocycles. The van der Waals surface area contributed by atoms with E-state index in [2.05, 4.69) is 21.2 Å². The number of hydrogen-bond acceptors (Lipinski definition) is 10. The molecule has 3 saturated heterocycles. The maximum atomic E-state index is 15.2. The van der Waals surface area contributed by atoms with Gasteiger partial charge in [0, 0.05) is 55.6 Å². The summed E-state index contributed by atoms with van der Waals surface area (Å²) in [6.45, 7) is 10.6. The molecule has 0 spiro atoms. The number of Topliss-reactive ketones (excluding diaryl/α,β-unsaturated/α-hetero) is 1. The molecule has 4 saturated carbocycles. The fourth-order valence-electron chi connectivity index (χ4n) is 11.3. The molecule has 3 aliphatic heterocycles. The van der Waals surface area contributed by atoms with Gasteiger partial charge >= 0.3 is 0 Å². The molecule has 7 aliphatic rings. The monoisotopic (exact) mass is 865 g/mol. The molecule has 7 atom stereocenters. The molecule has 0 radical (unpaired) electrons. The summed E-state index contributed by atoms with van der Waals surface area (Å²) in [5, 5.41) is 0.0945. The Hall–Kier alpha value is -4.85. The van der Waals surface area contributed by atoms with E-state index in [0.717, 1.165) is 19.4 Å². The van der Waals surface area contributed by atoms with Crippen molar-refractivity contribution in [1.82, 2.24) is 24.5 Å². The molecular weight excluding hydrogens is 807 g/mol. The summed E-state index contributed by atoms with van der Waals surface area (Å²) in [4.78, 5) is 71.4. The van der Waals surface area contributed by atoms with E-state index < -0.39 is 56.0 Å². The van der Waals surface area contributed by atoms with Crippen molar-refractivity contribution in [1.29, 1.82) is 0 Å². The highest BCUT2D eigenvalue weighted by Crippen LogP contribution is 2.57. The molecule has 3 amide bonds. The second kappa shape index (κ2) is 16.1. The van der Waals surface area contributed by atoms with Crippen molar-refractivity contribution < 1.29 is 37.1 Å². The number of nitrogens with zero attached hydrogens (tertiary/aromatic N) is 4. The molecule has 1 N–H and O–H groups in total. The van der Waals surface area contributed by atoms with Crippen molar-refractivity contribution in [3.8, 4) is 22.9 Å². The van der Waals surface area contributed by atoms with Crippen LogP contribution in [0.15, 0.2) is 61.3 Å². The summed E-state index contributed by atoms with van der Waals surface area (Å²) in [6.07, 6.45) is 9.41. The number of nitrogens with one attached hydrogen (secondary N) is 1. The average Bonchev–Trinajstić information content (AvgIpc) is 4.17. The fraction of sp³-hybridized carbons (Fsp3) is 0.583. The molecular formula is C48H59N5O8S. The average molecular weight is 866 g/mol. The van der Waals surface area contributed by atoms with Crippen LogP contribution in [0, 0.1) is 40.4 Å². The van der Waals surface area contributed by atoms with Gasteiger partial charge in [0.05, 0.1) is 53.2 Å². The summed E-state index contributed by atoms with van der Waals surface area (Å²) >= 11 is 0. The molecule has 5 heterocycles. The normalized spacial score (nSPS) is 29.5. The highest BCUT2D eigenvalue weighted by molar-refractivity contribution is 7.90. The maximum absolute atomic E-state index is 15.2. The molecule has 10 rings (SSSR count). The van der Waals surface area contributed by atoms with Crippen LogP contribution < -0.4 is 14.2 Å². The zero-order valence-corrected chi connectivity index (χ0v) is 37.1. The SMILES string of the molecule is C=C[C@@H]1C[C@]1(CC(=O)[C@@H]1C[C@@H](Oc2cc(-c3ccccn3)nc3cc(OC)ccc23)CN1C(=O)[C@@H](CC(=O)N1CC2CC3CC(C2)CC1C3)C(C)(C)C)C(=O)NS(=O)(=O)C1CC1. The standard InChI is InChI=1S/C48H59N5O8S/c1-6-31-24-48(31,46(57)51-62(58,59)35-11-12-35)25-42(54)41-21-34(61-43-23-40(38-9-7-8-14-49-38)50-39-20-33(60-5)10-13-36(39)43)27-53(41)45(56)37(47(2,3)4)22-44(55)52-26-30-16-28-15-29(17-30)19-32(52)18-28/h6-10,13-14,20,23,28-32,34-35,37,41H,1,11-12,15-19,21-22,24-27H2,2-5H3,(H,51,57)/t28?,29?,30?,31-,32?,34-,37-,41+,48-/m1/s1. The fourth-order valence-corrected chi connectivity index (χ4v) is 12.7. The van der Waals surface area contributed by atoms with E-state index in [1.54, 1.807) is 24.3 Å². The molecule has 4 bridgehead atoms. The quantitative estimate of drug-likeness (QED) is 0.177. The second-order valence-corrected chi connectivity index (χ2v) is 22.2. The third kappa shape index (κ3) is 8.23. The number of carbonyl (C=O) groups is 4. The first-order valence-electron chi connectivity index (χ1n) is 22.4. The molecule has 62 heavy (non-hydrogen) atoms. The summed E-state index contributed by atoms with van der Waals surface area (Å²) in [5.41, 5.74) is -0.115. The zero-order valence-electron chi connectivity index (χ0n) is 36.3. The van der Waals surface area contributed by atoms with Gasteiger partial charge in [-0.2, -0.15) is 0 Å². The predicted molar refractivity (Wildman–Crippen MR) is 233 cm³/mol. The van der Waals surface area contributed by atoms with Gasteiger partial charge in [-0.15, -0.1) is 6.58 Å². The van der Waals surface area contributed by atoms with Crippen molar-refractivity contribution in [3.05, 3.63) is 61.3 Å². The number of allylic oxidation sites excluding steroid dienone is 1. The Kier molecular flexibility index (Phi) is 11.0. The Bertz CT molecular complexity index is 2380. The molecule has 2 unspecified atom stereocenters. The zero-order chi connectivity index (χ0) is 43.7. The van der Waals surface area contributed by atoms with Crippen molar-refractivity contribution in [2.45, 2.75) is 115 Å². The number of likely N-dealkylation sites (tertiary alicyclic amines) is 1. The van der Waals surface area contributed by atoms with Crippen molar-refractivity contribution in [3.63, 3.8) is 0 Å². The first kappa shape index (κ1) is 42.5. The van der Waals surface area contributed by atoms with Gasteiger partial charge in [0.25, 0.3) is 0 Å². The van der Waals surface area contributed by atoms with Gasteiger partial charge in [0.1, 0.15) is 17.6 Å². The summed E-state index contributed by atoms with van der Waals surface area (Å²) in [6, 6.07) is 12.1. The lowest BCUT2D eigenvalue weighted by Gasteiger charge is -2.40. The number of sulfonamides is 1.